The van der Waals surface area contributed by atoms with Crippen molar-refractivity contribution >= 4 is 29.2 Å². The molecule has 0 fully saturated rings. The Balaban J connectivity index is 1.83. The molecule has 3 aromatic rings. The fourth-order valence-electron chi connectivity index (χ4n) is 3.55. The molecule has 0 N–H and O–H groups in total. The van der Waals surface area contributed by atoms with Gasteiger partial charge in [0, 0.05) is 12.6 Å². The Labute approximate surface area is 226 Å². The lowest BCUT2D eigenvalue weighted by atomic mass is 10.1. The van der Waals surface area contributed by atoms with Crippen molar-refractivity contribution in [3.8, 4) is 17.2 Å². The molecule has 0 bridgehead atoms. The Bertz CT molecular complexity index is 1340. The fraction of sp³-hybridized carbons (Fsp3) is 0.308. The third kappa shape index (κ3) is 7.82. The van der Waals surface area contributed by atoms with E-state index in [9.17, 15) is 22.8 Å². The summed E-state index contributed by atoms with van der Waals surface area (Å²) in [5.41, 5.74) is 0.799. The van der Waals surface area contributed by atoms with Crippen LogP contribution >= 0.6 is 23.2 Å². The molecule has 0 aliphatic carbocycles. The Morgan fingerprint density at radius 2 is 1.68 bits per heavy atom. The van der Waals surface area contributed by atoms with Gasteiger partial charge in [0.05, 0.1) is 23.9 Å². The number of esters is 1. The van der Waals surface area contributed by atoms with Gasteiger partial charge in [0.25, 0.3) is 5.56 Å². The van der Waals surface area contributed by atoms with Crippen LogP contribution in [0.15, 0.2) is 53.3 Å². The zero-order valence-corrected chi connectivity index (χ0v) is 22.0. The first-order chi connectivity index (χ1) is 18.0. The summed E-state index contributed by atoms with van der Waals surface area (Å²) < 4.78 is 59.1. The maximum atomic E-state index is 12.9. The molecule has 12 heteroatoms. The molecule has 38 heavy (non-hydrogen) atoms. The van der Waals surface area contributed by atoms with Crippen LogP contribution in [0.4, 0.5) is 13.2 Å². The largest absolute Gasteiger partial charge is 0.573 e. The highest BCUT2D eigenvalue weighted by molar-refractivity contribution is 6.34. The fourth-order valence-corrected chi connectivity index (χ4v) is 4.08. The van der Waals surface area contributed by atoms with Crippen LogP contribution in [0.25, 0.3) is 0 Å². The van der Waals surface area contributed by atoms with E-state index < -0.39 is 23.6 Å². The van der Waals surface area contributed by atoms with Gasteiger partial charge >= 0.3 is 12.3 Å². The number of benzene rings is 2. The number of rotatable bonds is 11. The van der Waals surface area contributed by atoms with Crippen molar-refractivity contribution < 1.29 is 36.9 Å². The van der Waals surface area contributed by atoms with Gasteiger partial charge < -0.3 is 23.5 Å². The zero-order chi connectivity index (χ0) is 27.9. The van der Waals surface area contributed by atoms with Gasteiger partial charge in [-0.15, -0.1) is 13.2 Å². The van der Waals surface area contributed by atoms with Crippen molar-refractivity contribution in [1.29, 1.82) is 0 Å². The van der Waals surface area contributed by atoms with E-state index >= 15 is 0 Å². The molecule has 0 amide bonds. The summed E-state index contributed by atoms with van der Waals surface area (Å²) >= 11 is 12.4. The van der Waals surface area contributed by atoms with Crippen LogP contribution in [-0.2, 0) is 24.3 Å². The van der Waals surface area contributed by atoms with Gasteiger partial charge in [0.2, 0.25) is 0 Å². The van der Waals surface area contributed by atoms with E-state index in [0.29, 0.717) is 18.8 Å². The molecule has 0 unspecified atom stereocenters. The Morgan fingerprint density at radius 1 is 0.947 bits per heavy atom. The number of ether oxygens (including phenoxy) is 4. The van der Waals surface area contributed by atoms with Crippen molar-refractivity contribution in [2.75, 3.05) is 13.2 Å². The van der Waals surface area contributed by atoms with Crippen LogP contribution in [0, 0.1) is 0 Å². The molecule has 0 radical (unpaired) electrons. The topological polar surface area (TPSA) is 76.0 Å². The molecule has 0 aliphatic rings. The Morgan fingerprint density at radius 3 is 2.37 bits per heavy atom. The smallest absolute Gasteiger partial charge is 0.493 e. The average molecular weight is 574 g/mol. The van der Waals surface area contributed by atoms with Gasteiger partial charge in [-0.1, -0.05) is 35.3 Å². The van der Waals surface area contributed by atoms with Gasteiger partial charge in [-0.2, -0.15) is 0 Å². The van der Waals surface area contributed by atoms with E-state index in [1.54, 1.807) is 32.0 Å². The van der Waals surface area contributed by atoms with Gasteiger partial charge in [-0.25, -0.2) is 4.79 Å². The van der Waals surface area contributed by atoms with E-state index in [0.717, 1.165) is 17.7 Å². The molecule has 0 spiro atoms. The highest BCUT2D eigenvalue weighted by Gasteiger charge is 2.31. The molecule has 2 aromatic carbocycles. The zero-order valence-electron chi connectivity index (χ0n) is 20.4. The monoisotopic (exact) mass is 573 g/mol. The molecule has 1 heterocycles. The van der Waals surface area contributed by atoms with E-state index in [1.165, 1.54) is 22.8 Å². The first kappa shape index (κ1) is 29.2. The summed E-state index contributed by atoms with van der Waals surface area (Å²) in [5, 5.41) is 0.0388. The van der Waals surface area contributed by atoms with Gasteiger partial charge in [0.1, 0.15) is 34.4 Å². The predicted molar refractivity (Wildman–Crippen MR) is 135 cm³/mol. The summed E-state index contributed by atoms with van der Waals surface area (Å²) in [6.45, 7) is 3.94. The summed E-state index contributed by atoms with van der Waals surface area (Å²) in [5.74, 6) is -0.535. The first-order valence-electron chi connectivity index (χ1n) is 11.5. The van der Waals surface area contributed by atoms with Crippen LogP contribution < -0.4 is 19.8 Å². The van der Waals surface area contributed by atoms with Crippen LogP contribution in [0.3, 0.4) is 0 Å². The highest BCUT2D eigenvalue weighted by Crippen LogP contribution is 2.28. The second-order valence-corrected chi connectivity index (χ2v) is 8.60. The minimum atomic E-state index is -4.85. The molecule has 0 aliphatic heterocycles. The van der Waals surface area contributed by atoms with E-state index in [4.69, 9.17) is 37.4 Å². The number of hydrogen-bond acceptors (Lipinski definition) is 6. The molecular weight excluding hydrogens is 550 g/mol. The molecular formula is C26H24Cl2F3NO6. The number of carbonyl (C=O) groups is 1. The minimum Gasteiger partial charge on any atom is -0.493 e. The van der Waals surface area contributed by atoms with Crippen molar-refractivity contribution in [2.45, 2.75) is 39.8 Å². The van der Waals surface area contributed by atoms with Crippen molar-refractivity contribution in [1.82, 2.24) is 4.57 Å². The number of aromatic nitrogens is 1. The van der Waals surface area contributed by atoms with Crippen molar-refractivity contribution in [3.05, 3.63) is 85.8 Å². The predicted octanol–water partition coefficient (Wildman–Crippen LogP) is 6.45. The second-order valence-electron chi connectivity index (χ2n) is 7.79. The number of aryl methyl sites for hydroxylation is 1. The average Bonchev–Trinajstić information content (AvgIpc) is 2.84. The number of alkyl halides is 3. The van der Waals surface area contributed by atoms with E-state index in [1.807, 2.05) is 0 Å². The van der Waals surface area contributed by atoms with Crippen LogP contribution in [0.2, 0.25) is 10.0 Å². The lowest BCUT2D eigenvalue weighted by molar-refractivity contribution is -0.274. The highest BCUT2D eigenvalue weighted by atomic mass is 35.5. The van der Waals surface area contributed by atoms with Crippen LogP contribution in [0.1, 0.15) is 35.5 Å². The third-order valence-corrected chi connectivity index (χ3v) is 5.78. The van der Waals surface area contributed by atoms with E-state index in [-0.39, 0.29) is 46.8 Å². The molecule has 0 saturated carbocycles. The van der Waals surface area contributed by atoms with Gasteiger partial charge in [0.15, 0.2) is 0 Å². The number of nitrogens with zero attached hydrogens (tertiary/aromatic N) is 1. The SMILES string of the molecule is CCOC(=O)c1ccc(CCn2c(COc3cccc(OC(F)(F)F)c3)c(Cl)cc(Cl)c2=O)cc1OCC. The lowest BCUT2D eigenvalue weighted by Gasteiger charge is -2.17. The number of pyridine rings is 1. The normalized spacial score (nSPS) is 11.2. The second kappa shape index (κ2) is 12.9. The van der Waals surface area contributed by atoms with Crippen molar-refractivity contribution in [2.24, 2.45) is 0 Å². The lowest BCUT2D eigenvalue weighted by Crippen LogP contribution is -2.26. The van der Waals surface area contributed by atoms with Gasteiger partial charge in [-0.3, -0.25) is 4.79 Å². The standard InChI is InChI=1S/C26H24Cl2F3NO6/c1-3-35-23-12-16(8-9-19(23)25(34)36-4-2)10-11-32-22(20(27)14-21(28)24(32)33)15-37-17-6-5-7-18(13-17)38-26(29,30)31/h5-9,12-14H,3-4,10-11,15H2,1-2H3. The molecule has 0 saturated heterocycles. The minimum absolute atomic E-state index is 0.0766. The van der Waals surface area contributed by atoms with Crippen molar-refractivity contribution in [3.63, 3.8) is 0 Å². The van der Waals surface area contributed by atoms with Gasteiger partial charge in [-0.05, 0) is 56.2 Å². The maximum Gasteiger partial charge on any atom is 0.573 e. The molecule has 1 aromatic heterocycles. The molecule has 0 atom stereocenters. The molecule has 204 valence electrons. The maximum absolute atomic E-state index is 12.9. The van der Waals surface area contributed by atoms with Crippen LogP contribution in [-0.4, -0.2) is 30.1 Å². The van der Waals surface area contributed by atoms with Crippen LogP contribution in [0.5, 0.6) is 17.2 Å². The van der Waals surface area contributed by atoms with E-state index in [2.05, 4.69) is 4.74 Å². The quantitative estimate of drug-likeness (QED) is 0.245. The summed E-state index contributed by atoms with van der Waals surface area (Å²) in [7, 11) is 0. The Hall–Kier alpha value is -3.37. The summed E-state index contributed by atoms with van der Waals surface area (Å²) in [6, 6.07) is 11.3. The molecule has 7 nitrogen and oxygen atoms in total. The summed E-state index contributed by atoms with van der Waals surface area (Å²) in [4.78, 5) is 25.1. The molecule has 3 rings (SSSR count). The number of hydrogen-bond donors (Lipinski definition) is 0. The first-order valence-corrected chi connectivity index (χ1v) is 12.3. The number of carbonyl (C=O) groups excluding carboxylic acids is 1. The summed E-state index contributed by atoms with van der Waals surface area (Å²) in [6.07, 6.45) is -4.52. The third-order valence-electron chi connectivity index (χ3n) is 5.18. The number of halogens is 5. The Kier molecular flexibility index (Phi) is 9.93.